The summed E-state index contributed by atoms with van der Waals surface area (Å²) in [6.45, 7) is 36.0. The number of nitrogens with zero attached hydrogens (tertiary/aromatic N) is 6. The van der Waals surface area contributed by atoms with Gasteiger partial charge in [0.05, 0.1) is 17.1 Å². The van der Waals surface area contributed by atoms with Gasteiger partial charge in [-0.2, -0.15) is 8.42 Å². The highest BCUT2D eigenvalue weighted by Crippen LogP contribution is 2.32. The average Bonchev–Trinajstić information content (AvgIpc) is 3.28. The highest BCUT2D eigenvalue weighted by molar-refractivity contribution is 7.86. The van der Waals surface area contributed by atoms with Gasteiger partial charge < -0.3 is 59.6 Å². The number of rotatable bonds is 9. The van der Waals surface area contributed by atoms with Crippen LogP contribution in [-0.2, 0) is 33.2 Å². The van der Waals surface area contributed by atoms with Gasteiger partial charge in [0.1, 0.15) is 22.4 Å². The fourth-order valence-electron chi connectivity index (χ4n) is 9.92. The molecule has 1 aromatic carbocycles. The molecule has 0 radical (unpaired) electrons. The Bertz CT molecular complexity index is 2200. The van der Waals surface area contributed by atoms with Crippen molar-refractivity contribution in [1.82, 2.24) is 45.3 Å². The number of carbonyl (C=O) groups is 4. The molecule has 3 aliphatic heterocycles. The molecular formula is C60H109N9O12S. The van der Waals surface area contributed by atoms with Crippen molar-refractivity contribution >= 4 is 34.5 Å². The monoisotopic (exact) mass is 1180 g/mol. The molecule has 4 aliphatic carbocycles. The van der Waals surface area contributed by atoms with E-state index in [4.69, 9.17) is 28.2 Å². The Kier molecular flexibility index (Phi) is 27.0. The Balaban J connectivity index is 0.000000229. The minimum atomic E-state index is -3.76. The number of benzene rings is 1. The van der Waals surface area contributed by atoms with Crippen molar-refractivity contribution < 1.29 is 55.8 Å². The zero-order valence-electron chi connectivity index (χ0n) is 53.3. The van der Waals surface area contributed by atoms with Crippen LogP contribution in [0, 0.1) is 6.92 Å². The van der Waals surface area contributed by atoms with Crippen molar-refractivity contribution in [3.63, 3.8) is 0 Å². The van der Waals surface area contributed by atoms with Gasteiger partial charge in [-0.25, -0.2) is 19.2 Å². The van der Waals surface area contributed by atoms with Crippen molar-refractivity contribution in [3.05, 3.63) is 29.8 Å². The molecule has 4 N–H and O–H groups in total. The summed E-state index contributed by atoms with van der Waals surface area (Å²) in [5.74, 6) is 0. The summed E-state index contributed by atoms with van der Waals surface area (Å²) < 4.78 is 50.3. The molecule has 22 heteroatoms. The van der Waals surface area contributed by atoms with E-state index < -0.39 is 50.8 Å². The van der Waals surface area contributed by atoms with Crippen LogP contribution in [-0.4, -0.2) is 232 Å². The molecular weight excluding hydrogens is 1070 g/mol. The van der Waals surface area contributed by atoms with E-state index >= 15 is 0 Å². The zero-order chi connectivity index (χ0) is 61.4. The quantitative estimate of drug-likeness (QED) is 0.137. The molecule has 0 atom stereocenters. The summed E-state index contributed by atoms with van der Waals surface area (Å²) in [6, 6.07) is 8.40. The lowest BCUT2D eigenvalue weighted by molar-refractivity contribution is -0.0110. The standard InChI is InChI=1S/C16H23NO5S.C15H29N3O2.C14H27N3O2.C9H17NO3.C6H13N/c1-11-5-7-14(8-6-11)23(19,20)22-13-9-12(10-13)17-15(18)21-16(2,3)4;1-15(2,3)20-14(19)17(5)12-10-13(11-12)18-8-6-16(4)7-9-18;1-14(2,3)19-13(18)15-11-9-12(10-11)17-7-5-16(4)6-8-17;1-9(2,3)13-8(12)10-6-4-7(11)5-6;1-7-5-3-2-4-6-7/h5-8,12-13H,9-10H2,1-4H3,(H,17,18);12-13H,6-11H2,1-5H3;11-12H,5-10H2,1-4H3,(H,15,18);6-7,11H,4-5H2,1-3H3,(H,10,12);2-6H2,1H3. The number of ether oxygens (including phenoxy) is 4. The summed E-state index contributed by atoms with van der Waals surface area (Å²) in [4.78, 5) is 60.6. The number of aryl methyl sites for hydroxylation is 1. The van der Waals surface area contributed by atoms with Crippen molar-refractivity contribution in [3.8, 4) is 0 Å². The number of hydrogen-bond acceptors (Lipinski definition) is 17. The number of carbonyl (C=O) groups excluding carboxylic acids is 4. The third-order valence-corrected chi connectivity index (χ3v) is 16.4. The predicted molar refractivity (Wildman–Crippen MR) is 321 cm³/mol. The number of alkyl carbamates (subject to hydrolysis) is 3. The Morgan fingerprint density at radius 3 is 1.22 bits per heavy atom. The Hall–Kier alpha value is -4.03. The molecule has 0 spiro atoms. The van der Waals surface area contributed by atoms with Crippen LogP contribution < -0.4 is 16.0 Å². The van der Waals surface area contributed by atoms with E-state index in [1.54, 1.807) is 37.8 Å². The minimum absolute atomic E-state index is 0.0878. The third kappa shape index (κ3) is 27.3. The first-order chi connectivity index (χ1) is 37.9. The SMILES string of the molecule is CC(C)(C)OC(=O)NC1CC(O)C1.CN1CCCCC1.CN1CCN(C2CC(N(C)C(=O)OC(C)(C)C)C2)CC1.CN1CCN(C2CC(NC(=O)OC(C)(C)C)C2)CC1.Cc1ccc(S(=O)(=O)OC2CC(NC(=O)OC(C)(C)C)C2)cc1. The fourth-order valence-corrected chi connectivity index (χ4v) is 11.0. The summed E-state index contributed by atoms with van der Waals surface area (Å²) in [5, 5.41) is 17.3. The number of likely N-dealkylation sites (N-methyl/N-ethyl adjacent to an activating group) is 2. The van der Waals surface area contributed by atoms with Gasteiger partial charge in [-0.3, -0.25) is 14.0 Å². The Morgan fingerprint density at radius 2 is 0.866 bits per heavy atom. The smallest absolute Gasteiger partial charge is 0.410 e. The number of hydrogen-bond donors (Lipinski definition) is 4. The van der Waals surface area contributed by atoms with Crippen LogP contribution in [0.4, 0.5) is 19.2 Å². The summed E-state index contributed by atoms with van der Waals surface area (Å²) in [5.41, 5.74) is -0.851. The van der Waals surface area contributed by atoms with E-state index in [2.05, 4.69) is 61.6 Å². The first-order valence-corrected chi connectivity index (χ1v) is 31.5. The van der Waals surface area contributed by atoms with Crippen molar-refractivity contribution in [2.24, 2.45) is 0 Å². The van der Waals surface area contributed by atoms with Gasteiger partial charge in [-0.15, -0.1) is 0 Å². The molecule has 472 valence electrons. The maximum absolute atomic E-state index is 12.1. The number of piperazine rings is 2. The van der Waals surface area contributed by atoms with Gasteiger partial charge in [0.2, 0.25) is 0 Å². The van der Waals surface area contributed by atoms with Crippen LogP contribution in [0.25, 0.3) is 0 Å². The van der Waals surface area contributed by atoms with Crippen LogP contribution in [0.15, 0.2) is 29.2 Å². The van der Waals surface area contributed by atoms with Crippen LogP contribution >= 0.6 is 0 Å². The zero-order valence-corrected chi connectivity index (χ0v) is 54.1. The highest BCUT2D eigenvalue weighted by Gasteiger charge is 2.40. The number of aliphatic hydroxyl groups excluding tert-OH is 1. The minimum Gasteiger partial charge on any atom is -0.444 e. The molecule has 7 fully saturated rings. The first kappa shape index (κ1) is 70.5. The summed E-state index contributed by atoms with van der Waals surface area (Å²) >= 11 is 0. The van der Waals surface area contributed by atoms with E-state index in [1.807, 2.05) is 76.3 Å². The maximum atomic E-state index is 12.1. The highest BCUT2D eigenvalue weighted by atomic mass is 32.2. The fraction of sp³-hybridized carbons (Fsp3) is 0.833. The van der Waals surface area contributed by atoms with E-state index in [0.29, 0.717) is 49.9 Å². The molecule has 0 unspecified atom stereocenters. The van der Waals surface area contributed by atoms with Crippen LogP contribution in [0.1, 0.15) is 159 Å². The van der Waals surface area contributed by atoms with Crippen molar-refractivity contribution in [2.45, 2.75) is 236 Å². The van der Waals surface area contributed by atoms with Gasteiger partial charge in [-0.05, 0) is 201 Å². The molecule has 3 heterocycles. The van der Waals surface area contributed by atoms with Crippen molar-refractivity contribution in [1.29, 1.82) is 0 Å². The number of piperidine rings is 1. The third-order valence-electron chi connectivity index (χ3n) is 15.1. The lowest BCUT2D eigenvalue weighted by Gasteiger charge is -2.48. The molecule has 21 nitrogen and oxygen atoms in total. The van der Waals surface area contributed by atoms with Crippen LogP contribution in [0.2, 0.25) is 0 Å². The molecule has 82 heavy (non-hydrogen) atoms. The topological polar surface area (TPSA) is 224 Å². The van der Waals surface area contributed by atoms with Crippen LogP contribution in [0.3, 0.4) is 0 Å². The lowest BCUT2D eigenvalue weighted by Crippen LogP contribution is -2.58. The molecule has 3 saturated heterocycles. The maximum Gasteiger partial charge on any atom is 0.410 e. The molecule has 8 rings (SSSR count). The number of nitrogens with one attached hydrogen (secondary N) is 3. The van der Waals surface area contributed by atoms with Gasteiger partial charge in [0.15, 0.2) is 0 Å². The van der Waals surface area contributed by atoms with Crippen LogP contribution in [0.5, 0.6) is 0 Å². The lowest BCUT2D eigenvalue weighted by atomic mass is 9.84. The Labute approximate surface area is 493 Å². The molecule has 4 amide bonds. The molecule has 0 aromatic heterocycles. The van der Waals surface area contributed by atoms with Crippen molar-refractivity contribution in [2.75, 3.05) is 93.6 Å². The second-order valence-electron chi connectivity index (χ2n) is 27.6. The van der Waals surface area contributed by atoms with Gasteiger partial charge in [-0.1, -0.05) is 24.1 Å². The molecule has 7 aliphatic rings. The predicted octanol–water partition coefficient (Wildman–Crippen LogP) is 7.81. The average molecular weight is 1180 g/mol. The van der Waals surface area contributed by atoms with E-state index in [0.717, 1.165) is 83.6 Å². The normalized spacial score (nSPS) is 26.5. The van der Waals surface area contributed by atoms with Gasteiger partial charge in [0.25, 0.3) is 10.1 Å². The summed E-state index contributed by atoms with van der Waals surface area (Å²) in [7, 11) is 4.64. The number of likely N-dealkylation sites (tertiary alicyclic amines) is 1. The first-order valence-electron chi connectivity index (χ1n) is 30.1. The molecule has 0 bridgehead atoms. The van der Waals surface area contributed by atoms with E-state index in [9.17, 15) is 27.6 Å². The largest absolute Gasteiger partial charge is 0.444 e. The summed E-state index contributed by atoms with van der Waals surface area (Å²) in [6.07, 6.45) is 8.69. The number of amides is 4. The van der Waals surface area contributed by atoms with E-state index in [1.165, 1.54) is 44.5 Å². The number of aliphatic hydroxyl groups is 1. The van der Waals surface area contributed by atoms with E-state index in [-0.39, 0.29) is 35.3 Å². The second kappa shape index (κ2) is 31.4. The second-order valence-corrected chi connectivity index (χ2v) is 29.2. The molecule has 4 saturated carbocycles. The molecule has 1 aromatic rings. The Morgan fingerprint density at radius 1 is 0.512 bits per heavy atom. The van der Waals surface area contributed by atoms with Gasteiger partial charge in [0, 0.05) is 95.7 Å². The van der Waals surface area contributed by atoms with Gasteiger partial charge >= 0.3 is 24.4 Å².